The second-order valence-corrected chi connectivity index (χ2v) is 9.31. The molecule has 0 N–H and O–H groups in total. The van der Waals surface area contributed by atoms with Crippen LogP contribution in [0.25, 0.3) is 16.7 Å². The van der Waals surface area contributed by atoms with Crippen molar-refractivity contribution in [2.75, 3.05) is 0 Å². The molecule has 1 aliphatic rings. The van der Waals surface area contributed by atoms with E-state index in [0.29, 0.717) is 28.8 Å². The number of benzene rings is 2. The van der Waals surface area contributed by atoms with Gasteiger partial charge in [0.05, 0.1) is 5.69 Å². The van der Waals surface area contributed by atoms with Gasteiger partial charge in [0.1, 0.15) is 35.0 Å². The monoisotopic (exact) mass is 509 g/mol. The van der Waals surface area contributed by atoms with E-state index in [1.165, 1.54) is 30.5 Å². The summed E-state index contributed by atoms with van der Waals surface area (Å²) in [5, 5.41) is 9.30. The number of fused-ring (bicyclic) bond motifs is 1. The van der Waals surface area contributed by atoms with Crippen molar-refractivity contribution in [1.82, 2.24) is 9.97 Å². The van der Waals surface area contributed by atoms with Gasteiger partial charge in [0, 0.05) is 42.8 Å². The molecule has 0 aliphatic heterocycles. The van der Waals surface area contributed by atoms with Crippen molar-refractivity contribution in [1.29, 1.82) is 5.26 Å². The van der Waals surface area contributed by atoms with Crippen molar-refractivity contribution in [3.8, 4) is 17.2 Å². The molecule has 2 aromatic heterocycles. The van der Waals surface area contributed by atoms with Gasteiger partial charge < -0.3 is 0 Å². The second-order valence-electron chi connectivity index (χ2n) is 9.31. The van der Waals surface area contributed by atoms with Gasteiger partial charge in [0.15, 0.2) is 0 Å². The van der Waals surface area contributed by atoms with E-state index in [1.807, 2.05) is 18.2 Å². The van der Waals surface area contributed by atoms with Crippen LogP contribution in [0.4, 0.5) is 13.2 Å². The average molecular weight is 510 g/mol. The first-order valence-corrected chi connectivity index (χ1v) is 12.2. The Labute approximate surface area is 218 Å². The van der Waals surface area contributed by atoms with Gasteiger partial charge in [-0.3, -0.25) is 9.78 Å². The summed E-state index contributed by atoms with van der Waals surface area (Å²) < 4.78 is 41.9. The topological polar surface area (TPSA) is 66.6 Å². The minimum Gasteiger partial charge on any atom is -0.299 e. The predicted molar refractivity (Wildman–Crippen MR) is 137 cm³/mol. The van der Waals surface area contributed by atoms with Gasteiger partial charge in [-0.15, -0.1) is 0 Å². The fourth-order valence-corrected chi connectivity index (χ4v) is 5.02. The normalized spacial score (nSPS) is 12.9. The molecular weight excluding hydrogens is 487 g/mol. The molecule has 0 amide bonds. The third-order valence-corrected chi connectivity index (χ3v) is 6.66. The van der Waals surface area contributed by atoms with Crippen LogP contribution in [0.15, 0.2) is 79.1 Å². The maximum absolute atomic E-state index is 14.0. The number of carbonyl (C=O) groups excluding carboxylic acids is 1. The van der Waals surface area contributed by atoms with E-state index in [-0.39, 0.29) is 36.6 Å². The lowest BCUT2D eigenvalue weighted by atomic mass is 9.85. The molecule has 4 nitrogen and oxygen atoms in total. The first-order valence-electron chi connectivity index (χ1n) is 12.2. The Morgan fingerprint density at radius 2 is 1.74 bits per heavy atom. The van der Waals surface area contributed by atoms with E-state index >= 15 is 0 Å². The largest absolute Gasteiger partial charge is 0.299 e. The summed E-state index contributed by atoms with van der Waals surface area (Å²) in [4.78, 5) is 22.0. The van der Waals surface area contributed by atoms with Gasteiger partial charge in [0.25, 0.3) is 0 Å². The average Bonchev–Trinajstić information content (AvgIpc) is 3.29. The minimum atomic E-state index is -0.700. The fraction of sp³-hybridized carbons (Fsp3) is 0.161. The van der Waals surface area contributed by atoms with Crippen LogP contribution in [0.1, 0.15) is 46.8 Å². The summed E-state index contributed by atoms with van der Waals surface area (Å²) in [5.41, 5.74) is 5.09. The van der Waals surface area contributed by atoms with Crippen LogP contribution in [0.3, 0.4) is 0 Å². The SMILES string of the molecule is N#Cc1cc(-c2cccnc2[C@@H](CC(=O)CC2=CCc3ccc(F)cc32)Cc2cc(F)cc(F)c2)ccn1. The van der Waals surface area contributed by atoms with Crippen LogP contribution >= 0.6 is 0 Å². The zero-order chi connectivity index (χ0) is 26.6. The third kappa shape index (κ3) is 5.55. The first kappa shape index (κ1) is 25.1. The summed E-state index contributed by atoms with van der Waals surface area (Å²) in [6.07, 6.45) is 6.04. The number of hydrogen-bond acceptors (Lipinski definition) is 4. The molecule has 5 rings (SSSR count). The van der Waals surface area contributed by atoms with Crippen LogP contribution in [0.5, 0.6) is 0 Å². The molecule has 2 aromatic carbocycles. The van der Waals surface area contributed by atoms with Crippen molar-refractivity contribution >= 4 is 11.4 Å². The highest BCUT2D eigenvalue weighted by Crippen LogP contribution is 2.35. The molecule has 1 atom stereocenters. The predicted octanol–water partition coefficient (Wildman–Crippen LogP) is 6.75. The zero-order valence-electron chi connectivity index (χ0n) is 20.3. The standard InChI is InChI=1S/C31H22F3N3O/c32-24-6-5-20-3-4-21(30(20)17-24)14-28(38)15-23(10-19-11-25(33)16-26(34)12-19)31-29(2-1-8-37-31)22-7-9-36-27(13-22)18-35/h1-2,4-9,11-13,16-17,23H,3,10,14-15H2/t23-/m1/s1. The lowest BCUT2D eigenvalue weighted by molar-refractivity contribution is -0.118. The molecule has 2 heterocycles. The molecular formula is C31H22F3N3O. The van der Waals surface area contributed by atoms with E-state index in [0.717, 1.165) is 22.8 Å². The molecule has 0 unspecified atom stereocenters. The number of carbonyl (C=O) groups is 1. The third-order valence-electron chi connectivity index (χ3n) is 6.66. The summed E-state index contributed by atoms with van der Waals surface area (Å²) in [5.74, 6) is -2.36. The number of aromatic nitrogens is 2. The smallest absolute Gasteiger partial charge is 0.141 e. The molecule has 0 saturated carbocycles. The van der Waals surface area contributed by atoms with Gasteiger partial charge in [-0.1, -0.05) is 18.2 Å². The van der Waals surface area contributed by atoms with Crippen LogP contribution in [0, 0.1) is 28.8 Å². The number of rotatable bonds is 8. The van der Waals surface area contributed by atoms with Gasteiger partial charge in [0.2, 0.25) is 0 Å². The molecule has 0 bridgehead atoms. The number of allylic oxidation sites excluding steroid dienone is 2. The number of nitriles is 1. The maximum atomic E-state index is 14.0. The van der Waals surface area contributed by atoms with Crippen molar-refractivity contribution in [2.24, 2.45) is 0 Å². The summed E-state index contributed by atoms with van der Waals surface area (Å²) in [7, 11) is 0. The van der Waals surface area contributed by atoms with E-state index in [4.69, 9.17) is 0 Å². The number of nitrogens with zero attached hydrogens (tertiary/aromatic N) is 3. The molecule has 0 spiro atoms. The highest BCUT2D eigenvalue weighted by molar-refractivity contribution is 5.92. The molecule has 4 aromatic rings. The maximum Gasteiger partial charge on any atom is 0.141 e. The van der Waals surface area contributed by atoms with Crippen molar-refractivity contribution in [2.45, 2.75) is 31.6 Å². The van der Waals surface area contributed by atoms with E-state index < -0.39 is 17.6 Å². The van der Waals surface area contributed by atoms with Gasteiger partial charge in [-0.25, -0.2) is 18.2 Å². The van der Waals surface area contributed by atoms with Crippen LogP contribution in [0.2, 0.25) is 0 Å². The number of Topliss-reactive ketones (excluding diaryl/α,β-unsaturated/α-hetero) is 1. The molecule has 0 radical (unpaired) electrons. The van der Waals surface area contributed by atoms with Gasteiger partial charge in [-0.05, 0) is 83.1 Å². The lowest BCUT2D eigenvalue weighted by Crippen LogP contribution is -2.13. The molecule has 38 heavy (non-hydrogen) atoms. The summed E-state index contributed by atoms with van der Waals surface area (Å²) >= 11 is 0. The zero-order valence-corrected chi connectivity index (χ0v) is 20.3. The van der Waals surface area contributed by atoms with E-state index in [2.05, 4.69) is 9.97 Å². The van der Waals surface area contributed by atoms with Crippen LogP contribution < -0.4 is 0 Å². The highest BCUT2D eigenvalue weighted by Gasteiger charge is 2.24. The highest BCUT2D eigenvalue weighted by atomic mass is 19.1. The first-order chi connectivity index (χ1) is 18.4. The van der Waals surface area contributed by atoms with E-state index in [1.54, 1.807) is 30.5 Å². The number of hydrogen-bond donors (Lipinski definition) is 0. The Bertz CT molecular complexity index is 1590. The second kappa shape index (κ2) is 10.8. The Morgan fingerprint density at radius 3 is 2.53 bits per heavy atom. The van der Waals surface area contributed by atoms with E-state index in [9.17, 15) is 23.2 Å². The molecule has 1 aliphatic carbocycles. The molecule has 0 fully saturated rings. The fourth-order valence-electron chi connectivity index (χ4n) is 5.02. The number of ketones is 1. The number of halogens is 3. The van der Waals surface area contributed by atoms with Crippen molar-refractivity contribution in [3.63, 3.8) is 0 Å². The molecule has 188 valence electrons. The Morgan fingerprint density at radius 1 is 0.921 bits per heavy atom. The number of pyridine rings is 2. The van der Waals surface area contributed by atoms with Crippen LogP contribution in [-0.4, -0.2) is 15.8 Å². The molecule has 0 saturated heterocycles. The Hall–Kier alpha value is -4.57. The van der Waals surface area contributed by atoms with Gasteiger partial charge in [-0.2, -0.15) is 5.26 Å². The van der Waals surface area contributed by atoms with Gasteiger partial charge >= 0.3 is 0 Å². The Kier molecular flexibility index (Phi) is 7.14. The van der Waals surface area contributed by atoms with Crippen molar-refractivity contribution < 1.29 is 18.0 Å². The lowest BCUT2D eigenvalue weighted by Gasteiger charge is -2.20. The summed E-state index contributed by atoms with van der Waals surface area (Å²) in [6, 6.07) is 16.9. The van der Waals surface area contributed by atoms with Crippen molar-refractivity contribution in [3.05, 3.63) is 125 Å². The minimum absolute atomic E-state index is 0.0559. The Balaban J connectivity index is 1.48. The molecule has 7 heteroatoms. The quantitative estimate of drug-likeness (QED) is 0.264. The summed E-state index contributed by atoms with van der Waals surface area (Å²) in [6.45, 7) is 0. The van der Waals surface area contributed by atoms with Crippen LogP contribution in [-0.2, 0) is 17.6 Å².